The molecule has 0 unspecified atom stereocenters. The summed E-state index contributed by atoms with van der Waals surface area (Å²) in [5, 5.41) is 3.02. The number of nitrogens with one attached hydrogen (secondary N) is 1. The first-order chi connectivity index (χ1) is 13.8. The SMILES string of the molecule is CCc1cccc(CC)c1NC(=O)CCCN(c1ccc(OC)cc1)S(C)(=O)=O. The zero-order valence-corrected chi connectivity index (χ0v) is 18.4. The summed E-state index contributed by atoms with van der Waals surface area (Å²) in [6.07, 6.45) is 3.50. The molecule has 1 amide bonds. The van der Waals surface area contributed by atoms with Gasteiger partial charge in [-0.15, -0.1) is 0 Å². The predicted molar refractivity (Wildman–Crippen MR) is 118 cm³/mol. The fraction of sp³-hybridized carbons (Fsp3) is 0.409. The molecule has 0 atom stereocenters. The van der Waals surface area contributed by atoms with Gasteiger partial charge in [-0.3, -0.25) is 9.10 Å². The maximum Gasteiger partial charge on any atom is 0.232 e. The van der Waals surface area contributed by atoms with Gasteiger partial charge in [0.2, 0.25) is 15.9 Å². The van der Waals surface area contributed by atoms with Gasteiger partial charge in [-0.05, 0) is 54.7 Å². The largest absolute Gasteiger partial charge is 0.497 e. The summed E-state index contributed by atoms with van der Waals surface area (Å²) in [5.41, 5.74) is 3.65. The Morgan fingerprint density at radius 3 is 2.10 bits per heavy atom. The highest BCUT2D eigenvalue weighted by Crippen LogP contribution is 2.24. The van der Waals surface area contributed by atoms with E-state index in [-0.39, 0.29) is 18.9 Å². The van der Waals surface area contributed by atoms with Crippen molar-refractivity contribution in [1.29, 1.82) is 0 Å². The van der Waals surface area contributed by atoms with Crippen LogP contribution in [0.1, 0.15) is 37.8 Å². The average Bonchev–Trinajstić information content (AvgIpc) is 2.70. The average molecular weight is 419 g/mol. The van der Waals surface area contributed by atoms with Crippen molar-refractivity contribution in [3.05, 3.63) is 53.6 Å². The molecule has 2 rings (SSSR count). The fourth-order valence-corrected chi connectivity index (χ4v) is 4.19. The van der Waals surface area contributed by atoms with Crippen LogP contribution >= 0.6 is 0 Å². The van der Waals surface area contributed by atoms with Gasteiger partial charge in [-0.25, -0.2) is 8.42 Å². The molecule has 0 saturated heterocycles. The summed E-state index contributed by atoms with van der Waals surface area (Å²) >= 11 is 0. The molecular formula is C22H30N2O4S. The van der Waals surface area contributed by atoms with E-state index in [2.05, 4.69) is 19.2 Å². The Morgan fingerprint density at radius 1 is 1.03 bits per heavy atom. The number of carbonyl (C=O) groups excluding carboxylic acids is 1. The molecule has 0 aliphatic heterocycles. The molecule has 0 aromatic heterocycles. The molecule has 2 aromatic carbocycles. The minimum Gasteiger partial charge on any atom is -0.497 e. The Kier molecular flexibility index (Phi) is 8.08. The molecule has 1 N–H and O–H groups in total. The van der Waals surface area contributed by atoms with Crippen molar-refractivity contribution in [2.24, 2.45) is 0 Å². The summed E-state index contributed by atoms with van der Waals surface area (Å²) < 4.78 is 30.9. The maximum absolute atomic E-state index is 12.5. The second-order valence-corrected chi connectivity index (χ2v) is 8.75. The lowest BCUT2D eigenvalue weighted by Gasteiger charge is -2.22. The molecule has 0 aliphatic rings. The molecule has 0 spiro atoms. The minimum absolute atomic E-state index is 0.108. The summed E-state index contributed by atoms with van der Waals surface area (Å²) in [6.45, 7) is 4.35. The van der Waals surface area contributed by atoms with Crippen molar-refractivity contribution in [3.8, 4) is 5.75 Å². The zero-order chi connectivity index (χ0) is 21.4. The third-order valence-electron chi connectivity index (χ3n) is 4.79. The van der Waals surface area contributed by atoms with Gasteiger partial charge in [0.15, 0.2) is 0 Å². The number of amides is 1. The van der Waals surface area contributed by atoms with Crippen molar-refractivity contribution in [3.63, 3.8) is 0 Å². The second kappa shape index (κ2) is 10.3. The van der Waals surface area contributed by atoms with Gasteiger partial charge in [0, 0.05) is 18.7 Å². The Balaban J connectivity index is 2.03. The molecule has 2 aromatic rings. The van der Waals surface area contributed by atoms with E-state index in [9.17, 15) is 13.2 Å². The van der Waals surface area contributed by atoms with E-state index < -0.39 is 10.0 Å². The number of aryl methyl sites for hydroxylation is 2. The lowest BCUT2D eigenvalue weighted by atomic mass is 10.0. The van der Waals surface area contributed by atoms with Crippen LogP contribution in [-0.2, 0) is 27.7 Å². The summed E-state index contributed by atoms with van der Waals surface area (Å²) in [5.74, 6) is 0.548. The molecule has 29 heavy (non-hydrogen) atoms. The molecule has 0 heterocycles. The highest BCUT2D eigenvalue weighted by atomic mass is 32.2. The second-order valence-electron chi connectivity index (χ2n) is 6.84. The van der Waals surface area contributed by atoms with E-state index in [0.29, 0.717) is 17.9 Å². The van der Waals surface area contributed by atoms with Crippen LogP contribution in [0, 0.1) is 0 Å². The smallest absolute Gasteiger partial charge is 0.232 e. The number of sulfonamides is 1. The van der Waals surface area contributed by atoms with Gasteiger partial charge in [-0.2, -0.15) is 0 Å². The molecule has 0 fully saturated rings. The van der Waals surface area contributed by atoms with E-state index in [0.717, 1.165) is 29.7 Å². The van der Waals surface area contributed by atoms with Crippen LogP contribution < -0.4 is 14.4 Å². The quantitative estimate of drug-likeness (QED) is 0.633. The number of benzene rings is 2. The van der Waals surface area contributed by atoms with E-state index in [4.69, 9.17) is 4.74 Å². The van der Waals surface area contributed by atoms with Crippen molar-refractivity contribution in [2.45, 2.75) is 39.5 Å². The van der Waals surface area contributed by atoms with E-state index >= 15 is 0 Å². The van der Waals surface area contributed by atoms with Crippen LogP contribution in [0.5, 0.6) is 5.75 Å². The zero-order valence-electron chi connectivity index (χ0n) is 17.6. The molecular weight excluding hydrogens is 388 g/mol. The van der Waals surface area contributed by atoms with Gasteiger partial charge in [0.25, 0.3) is 0 Å². The molecule has 0 saturated carbocycles. The number of nitrogens with zero attached hydrogens (tertiary/aromatic N) is 1. The first-order valence-corrected chi connectivity index (χ1v) is 11.7. The lowest BCUT2D eigenvalue weighted by molar-refractivity contribution is -0.116. The van der Waals surface area contributed by atoms with Crippen LogP contribution in [-0.4, -0.2) is 34.2 Å². The molecule has 0 bridgehead atoms. The number of ether oxygens (including phenoxy) is 1. The van der Waals surface area contributed by atoms with Crippen LogP contribution in [0.15, 0.2) is 42.5 Å². The standard InChI is InChI=1S/C22H30N2O4S/c1-5-17-9-7-10-18(6-2)22(17)23-21(25)11-8-16-24(29(4,26)27)19-12-14-20(28-3)15-13-19/h7,9-10,12-15H,5-6,8,11,16H2,1-4H3,(H,23,25). The highest BCUT2D eigenvalue weighted by molar-refractivity contribution is 7.92. The third kappa shape index (κ3) is 6.22. The van der Waals surface area contributed by atoms with Gasteiger partial charge >= 0.3 is 0 Å². The summed E-state index contributed by atoms with van der Waals surface area (Å²) in [7, 11) is -1.90. The van der Waals surface area contributed by atoms with E-state index in [1.165, 1.54) is 10.6 Å². The van der Waals surface area contributed by atoms with Crippen molar-refractivity contribution in [1.82, 2.24) is 0 Å². The van der Waals surface area contributed by atoms with Gasteiger partial charge in [0.1, 0.15) is 5.75 Å². The van der Waals surface area contributed by atoms with Crippen molar-refractivity contribution >= 4 is 27.3 Å². The number of methoxy groups -OCH3 is 1. The van der Waals surface area contributed by atoms with Crippen LogP contribution in [0.3, 0.4) is 0 Å². The maximum atomic E-state index is 12.5. The van der Waals surface area contributed by atoms with Crippen molar-refractivity contribution in [2.75, 3.05) is 29.5 Å². The van der Waals surface area contributed by atoms with Crippen LogP contribution in [0.2, 0.25) is 0 Å². The third-order valence-corrected chi connectivity index (χ3v) is 5.98. The summed E-state index contributed by atoms with van der Waals surface area (Å²) in [6, 6.07) is 12.9. The molecule has 6 nitrogen and oxygen atoms in total. The molecule has 7 heteroatoms. The highest BCUT2D eigenvalue weighted by Gasteiger charge is 2.18. The number of carbonyl (C=O) groups is 1. The lowest BCUT2D eigenvalue weighted by Crippen LogP contribution is -2.31. The van der Waals surface area contributed by atoms with Gasteiger partial charge in [-0.1, -0.05) is 32.0 Å². The topological polar surface area (TPSA) is 75.7 Å². The number of rotatable bonds is 10. The predicted octanol–water partition coefficient (Wildman–Crippen LogP) is 4.00. The van der Waals surface area contributed by atoms with Crippen LogP contribution in [0.4, 0.5) is 11.4 Å². The number of para-hydroxylation sites is 1. The first kappa shape index (κ1) is 22.7. The van der Waals surface area contributed by atoms with Crippen molar-refractivity contribution < 1.29 is 17.9 Å². The number of hydrogen-bond acceptors (Lipinski definition) is 4. The van der Waals surface area contributed by atoms with Gasteiger partial charge in [0.05, 0.1) is 19.1 Å². The molecule has 158 valence electrons. The van der Waals surface area contributed by atoms with Crippen LogP contribution in [0.25, 0.3) is 0 Å². The first-order valence-electron chi connectivity index (χ1n) is 9.82. The summed E-state index contributed by atoms with van der Waals surface area (Å²) in [4.78, 5) is 12.5. The Morgan fingerprint density at radius 2 is 1.62 bits per heavy atom. The van der Waals surface area contributed by atoms with Gasteiger partial charge < -0.3 is 10.1 Å². The van der Waals surface area contributed by atoms with E-state index in [1.807, 2.05) is 18.2 Å². The Labute approximate surface area is 173 Å². The van der Waals surface area contributed by atoms with E-state index in [1.54, 1.807) is 31.4 Å². The Bertz CT molecular complexity index is 902. The fourth-order valence-electron chi connectivity index (χ4n) is 3.22. The minimum atomic E-state index is -3.45. The number of hydrogen-bond donors (Lipinski definition) is 1. The normalized spacial score (nSPS) is 11.2. The Hall–Kier alpha value is -2.54. The number of anilines is 2. The monoisotopic (exact) mass is 418 g/mol. The molecule has 0 aliphatic carbocycles. The molecule has 0 radical (unpaired) electrons.